The molecule has 3 N–H and O–H groups in total. The molecule has 3 aromatic carbocycles. The van der Waals surface area contributed by atoms with Gasteiger partial charge in [0.2, 0.25) is 5.91 Å². The van der Waals surface area contributed by atoms with Crippen LogP contribution in [0.2, 0.25) is 0 Å². The van der Waals surface area contributed by atoms with Crippen LogP contribution in [0.3, 0.4) is 0 Å². The van der Waals surface area contributed by atoms with Gasteiger partial charge in [-0.15, -0.1) is 0 Å². The molecule has 1 heterocycles. The van der Waals surface area contributed by atoms with Crippen LogP contribution in [0.15, 0.2) is 104 Å². The summed E-state index contributed by atoms with van der Waals surface area (Å²) >= 11 is 0. The largest absolute Gasteiger partial charge is 0.480 e. The summed E-state index contributed by atoms with van der Waals surface area (Å²) in [6, 6.07) is 29.1. The monoisotopic (exact) mass is 582 g/mol. The van der Waals surface area contributed by atoms with E-state index < -0.39 is 40.7 Å². The molecule has 9 nitrogen and oxygen atoms in total. The molecule has 4 rings (SSSR count). The first kappa shape index (κ1) is 31.0. The second-order valence-corrected chi connectivity index (χ2v) is 11.9. The van der Waals surface area contributed by atoms with E-state index in [4.69, 9.17) is 4.74 Å². The summed E-state index contributed by atoms with van der Waals surface area (Å²) in [5, 5.41) is 14.7. The lowest BCUT2D eigenvalue weighted by Gasteiger charge is -2.37. The number of rotatable bonds is 10. The molecule has 1 aromatic heterocycles. The van der Waals surface area contributed by atoms with Crippen LogP contribution in [0.1, 0.15) is 57.0 Å². The maximum absolute atomic E-state index is 13.4. The molecule has 0 saturated heterocycles. The molecule has 0 fully saturated rings. The molecule has 0 saturated carbocycles. The number of carbonyl (C=O) groups excluding carboxylic acids is 2. The fraction of sp³-hybridized carbons (Fsp3) is 0.294. The second kappa shape index (κ2) is 12.5. The third-order valence-electron chi connectivity index (χ3n) is 6.99. The van der Waals surface area contributed by atoms with Crippen LogP contribution in [0, 0.1) is 0 Å². The molecule has 4 aromatic rings. The van der Waals surface area contributed by atoms with Crippen molar-refractivity contribution in [2.75, 3.05) is 0 Å². The quantitative estimate of drug-likeness (QED) is 0.223. The minimum absolute atomic E-state index is 0.0117. The van der Waals surface area contributed by atoms with E-state index in [1.165, 1.54) is 13.8 Å². The number of aromatic nitrogens is 2. The molecule has 0 bridgehead atoms. The topological polar surface area (TPSA) is 123 Å². The van der Waals surface area contributed by atoms with Gasteiger partial charge in [0.15, 0.2) is 0 Å². The zero-order chi connectivity index (χ0) is 31.3. The van der Waals surface area contributed by atoms with E-state index in [1.807, 2.05) is 65.4 Å². The Kier molecular flexibility index (Phi) is 9.04. The van der Waals surface area contributed by atoms with E-state index in [2.05, 4.69) is 52.0 Å². The number of hydrogen-bond acceptors (Lipinski definition) is 5. The number of benzene rings is 3. The smallest absolute Gasteiger partial charge is 0.408 e. The lowest BCUT2D eigenvalue weighted by Crippen LogP contribution is -2.57. The van der Waals surface area contributed by atoms with E-state index in [9.17, 15) is 19.5 Å². The Hall–Kier alpha value is -4.92. The fourth-order valence-electron chi connectivity index (χ4n) is 4.95. The summed E-state index contributed by atoms with van der Waals surface area (Å²) in [7, 11) is 0. The Morgan fingerprint density at radius 2 is 1.28 bits per heavy atom. The average molecular weight is 583 g/mol. The summed E-state index contributed by atoms with van der Waals surface area (Å²) < 4.78 is 7.40. The highest BCUT2D eigenvalue weighted by Gasteiger charge is 2.39. The predicted molar refractivity (Wildman–Crippen MR) is 164 cm³/mol. The number of hydrogen-bond donors (Lipinski definition) is 3. The fourth-order valence-corrected chi connectivity index (χ4v) is 4.95. The summed E-state index contributed by atoms with van der Waals surface area (Å²) in [4.78, 5) is 42.5. The van der Waals surface area contributed by atoms with Crippen molar-refractivity contribution in [2.45, 2.75) is 63.8 Å². The first-order chi connectivity index (χ1) is 20.3. The summed E-state index contributed by atoms with van der Waals surface area (Å²) in [6.07, 6.45) is 2.76. The van der Waals surface area contributed by atoms with Crippen molar-refractivity contribution in [3.05, 3.63) is 126 Å². The lowest BCUT2D eigenvalue weighted by atomic mass is 9.77. The van der Waals surface area contributed by atoms with Gasteiger partial charge in [-0.25, -0.2) is 14.6 Å². The van der Waals surface area contributed by atoms with Crippen LogP contribution in [0.5, 0.6) is 0 Å². The van der Waals surface area contributed by atoms with Crippen molar-refractivity contribution in [3.63, 3.8) is 0 Å². The minimum Gasteiger partial charge on any atom is -0.480 e. The van der Waals surface area contributed by atoms with Gasteiger partial charge in [-0.2, -0.15) is 0 Å². The molecular formula is C34H38N4O5. The highest BCUT2D eigenvalue weighted by atomic mass is 16.6. The zero-order valence-corrected chi connectivity index (χ0v) is 25.1. The third-order valence-corrected chi connectivity index (χ3v) is 6.99. The van der Waals surface area contributed by atoms with Gasteiger partial charge in [0.25, 0.3) is 0 Å². The molecule has 2 amide bonds. The molecule has 9 heteroatoms. The Morgan fingerprint density at radius 3 is 1.70 bits per heavy atom. The summed E-state index contributed by atoms with van der Waals surface area (Å²) in [5.74, 6) is -1.88. The van der Waals surface area contributed by atoms with Crippen LogP contribution in [-0.4, -0.2) is 49.8 Å². The third kappa shape index (κ3) is 7.12. The molecule has 1 atom stereocenters. The highest BCUT2D eigenvalue weighted by Crippen LogP contribution is 2.40. The zero-order valence-electron chi connectivity index (χ0n) is 25.1. The van der Waals surface area contributed by atoms with Crippen molar-refractivity contribution in [1.29, 1.82) is 0 Å². The first-order valence-corrected chi connectivity index (χ1v) is 14.1. The molecule has 0 spiro atoms. The summed E-state index contributed by atoms with van der Waals surface area (Å²) in [6.45, 7) is 7.90. The molecule has 43 heavy (non-hydrogen) atoms. The van der Waals surface area contributed by atoms with Crippen molar-refractivity contribution in [1.82, 2.24) is 20.2 Å². The van der Waals surface area contributed by atoms with Gasteiger partial charge in [0.05, 0.1) is 12.0 Å². The van der Waals surface area contributed by atoms with Gasteiger partial charge in [-0.3, -0.25) is 4.79 Å². The number of carboxylic acid groups (broad SMARTS) is 1. The Labute approximate surface area is 251 Å². The van der Waals surface area contributed by atoms with E-state index >= 15 is 0 Å². The van der Waals surface area contributed by atoms with Gasteiger partial charge in [-0.05, 0) is 51.3 Å². The molecule has 0 aliphatic heterocycles. The first-order valence-electron chi connectivity index (χ1n) is 14.1. The van der Waals surface area contributed by atoms with E-state index in [0.29, 0.717) is 5.69 Å². The maximum Gasteiger partial charge on any atom is 0.408 e. The standard InChI is InChI=1S/C34H38N4O5/c1-32(2,3)43-31(42)36-28(29(39)37-33(4,5)30(40)41)21-27-22-38(23-35-27)34(24-15-9-6-10-16-24,25-17-11-7-12-18-25)26-19-13-8-14-20-26/h6-20,22-23,28H,21H2,1-5H3,(H,36,42)(H,37,39)(H,40,41)/t28-/m1/s1. The number of alkyl carbamates (subject to hydrolysis) is 1. The van der Waals surface area contributed by atoms with Crippen LogP contribution < -0.4 is 10.6 Å². The van der Waals surface area contributed by atoms with Gasteiger partial charge in [0.1, 0.15) is 22.7 Å². The SMILES string of the molecule is CC(C)(C)OC(=O)N[C@H](Cc1cn(C(c2ccccc2)(c2ccccc2)c2ccccc2)cn1)C(=O)NC(C)(C)C(=O)O. The van der Waals surface area contributed by atoms with Crippen molar-refractivity contribution in [3.8, 4) is 0 Å². The molecule has 0 aliphatic carbocycles. The highest BCUT2D eigenvalue weighted by molar-refractivity contribution is 5.91. The number of nitrogens with zero attached hydrogens (tertiary/aromatic N) is 2. The van der Waals surface area contributed by atoms with Crippen molar-refractivity contribution < 1.29 is 24.2 Å². The predicted octanol–water partition coefficient (Wildman–Crippen LogP) is 5.14. The molecular weight excluding hydrogens is 544 g/mol. The Bertz CT molecular complexity index is 1450. The van der Waals surface area contributed by atoms with Gasteiger partial charge in [-0.1, -0.05) is 91.0 Å². The van der Waals surface area contributed by atoms with Gasteiger partial charge < -0.3 is 25.0 Å². The van der Waals surface area contributed by atoms with Crippen LogP contribution in [0.4, 0.5) is 4.79 Å². The second-order valence-electron chi connectivity index (χ2n) is 11.9. The van der Waals surface area contributed by atoms with E-state index in [-0.39, 0.29) is 6.42 Å². The summed E-state index contributed by atoms with van der Waals surface area (Å²) in [5.41, 5.74) is 0.344. The number of amides is 2. The van der Waals surface area contributed by atoms with E-state index in [0.717, 1.165) is 16.7 Å². The number of imidazole rings is 1. The van der Waals surface area contributed by atoms with Gasteiger partial charge >= 0.3 is 12.1 Å². The van der Waals surface area contributed by atoms with Crippen LogP contribution in [-0.2, 0) is 26.3 Å². The van der Waals surface area contributed by atoms with Crippen LogP contribution in [0.25, 0.3) is 0 Å². The molecule has 0 unspecified atom stereocenters. The van der Waals surface area contributed by atoms with Crippen LogP contribution >= 0.6 is 0 Å². The lowest BCUT2D eigenvalue weighted by molar-refractivity contribution is -0.146. The molecule has 0 aliphatic rings. The van der Waals surface area contributed by atoms with Crippen molar-refractivity contribution >= 4 is 18.0 Å². The van der Waals surface area contributed by atoms with Gasteiger partial charge in [0, 0.05) is 12.6 Å². The maximum atomic E-state index is 13.4. The minimum atomic E-state index is -1.56. The number of nitrogens with one attached hydrogen (secondary N) is 2. The normalized spacial score (nSPS) is 12.7. The number of carbonyl (C=O) groups is 3. The number of carboxylic acids is 1. The molecule has 0 radical (unpaired) electrons. The Balaban J connectivity index is 1.79. The average Bonchev–Trinajstić information content (AvgIpc) is 3.42. The van der Waals surface area contributed by atoms with Crippen molar-refractivity contribution in [2.24, 2.45) is 0 Å². The number of ether oxygens (including phenoxy) is 1. The Morgan fingerprint density at radius 1 is 0.814 bits per heavy atom. The number of aliphatic carboxylic acids is 1. The van der Waals surface area contributed by atoms with E-state index in [1.54, 1.807) is 27.1 Å². The molecule has 224 valence electrons.